The Morgan fingerprint density at radius 3 is 2.45 bits per heavy atom. The van der Waals surface area contributed by atoms with E-state index in [1.807, 2.05) is 25.1 Å². The summed E-state index contributed by atoms with van der Waals surface area (Å²) in [6, 6.07) is 20.0. The Morgan fingerprint density at radius 2 is 1.79 bits per heavy atom. The first-order valence-corrected chi connectivity index (χ1v) is 9.23. The normalized spacial score (nSPS) is 10.3. The standard InChI is InChI=1S/C22H22N4O3/c1-3-26(15-16-8-5-4-6-9-16)20-13-12-19(24-25-20)21(27)23-18-11-7-10-17(14-18)22(28)29-2/h4-14H,3,15H2,1-2H3,(H,23,27). The number of benzene rings is 2. The molecular weight excluding hydrogens is 368 g/mol. The quantitative estimate of drug-likeness (QED) is 0.621. The Bertz CT molecular complexity index is 975. The van der Waals surface area contributed by atoms with Gasteiger partial charge >= 0.3 is 5.97 Å². The maximum atomic E-state index is 12.5. The van der Waals surface area contributed by atoms with Crippen molar-refractivity contribution in [2.24, 2.45) is 0 Å². The molecule has 148 valence electrons. The van der Waals surface area contributed by atoms with Gasteiger partial charge in [0.25, 0.3) is 5.91 Å². The number of carbonyl (C=O) groups is 2. The molecule has 0 spiro atoms. The highest BCUT2D eigenvalue weighted by Gasteiger charge is 2.13. The van der Waals surface area contributed by atoms with Gasteiger partial charge in [0.15, 0.2) is 11.5 Å². The highest BCUT2D eigenvalue weighted by molar-refractivity contribution is 6.03. The van der Waals surface area contributed by atoms with Crippen LogP contribution in [0.2, 0.25) is 0 Å². The number of nitrogens with one attached hydrogen (secondary N) is 1. The second kappa shape index (κ2) is 9.45. The molecule has 29 heavy (non-hydrogen) atoms. The lowest BCUT2D eigenvalue weighted by atomic mass is 10.2. The molecule has 0 atom stereocenters. The molecule has 0 aliphatic rings. The number of hydrogen-bond donors (Lipinski definition) is 1. The van der Waals surface area contributed by atoms with Crippen molar-refractivity contribution in [1.29, 1.82) is 0 Å². The van der Waals surface area contributed by atoms with Gasteiger partial charge in [-0.05, 0) is 42.8 Å². The highest BCUT2D eigenvalue weighted by atomic mass is 16.5. The van der Waals surface area contributed by atoms with Crippen LogP contribution in [0.1, 0.15) is 33.3 Å². The minimum absolute atomic E-state index is 0.188. The predicted molar refractivity (Wildman–Crippen MR) is 111 cm³/mol. The summed E-state index contributed by atoms with van der Waals surface area (Å²) in [5.41, 5.74) is 2.19. The summed E-state index contributed by atoms with van der Waals surface area (Å²) in [5, 5.41) is 11.0. The Morgan fingerprint density at radius 1 is 1.00 bits per heavy atom. The second-order valence-electron chi connectivity index (χ2n) is 6.30. The van der Waals surface area contributed by atoms with Crippen LogP contribution in [0.4, 0.5) is 11.5 Å². The maximum Gasteiger partial charge on any atom is 0.337 e. The van der Waals surface area contributed by atoms with Crippen molar-refractivity contribution in [1.82, 2.24) is 10.2 Å². The van der Waals surface area contributed by atoms with E-state index >= 15 is 0 Å². The minimum Gasteiger partial charge on any atom is -0.465 e. The largest absolute Gasteiger partial charge is 0.465 e. The summed E-state index contributed by atoms with van der Waals surface area (Å²) in [7, 11) is 1.31. The molecule has 0 aliphatic carbocycles. The van der Waals surface area contributed by atoms with Crippen LogP contribution in [0, 0.1) is 0 Å². The van der Waals surface area contributed by atoms with E-state index in [-0.39, 0.29) is 5.69 Å². The van der Waals surface area contributed by atoms with Gasteiger partial charge in [-0.15, -0.1) is 10.2 Å². The first-order valence-electron chi connectivity index (χ1n) is 9.23. The van der Waals surface area contributed by atoms with Gasteiger partial charge in [-0.25, -0.2) is 4.79 Å². The lowest BCUT2D eigenvalue weighted by Crippen LogP contribution is -2.24. The van der Waals surface area contributed by atoms with Crippen molar-refractivity contribution in [3.63, 3.8) is 0 Å². The van der Waals surface area contributed by atoms with Crippen molar-refractivity contribution in [3.8, 4) is 0 Å². The molecule has 0 aliphatic heterocycles. The molecule has 7 heteroatoms. The third kappa shape index (κ3) is 5.16. The molecule has 2 aromatic carbocycles. The summed E-state index contributed by atoms with van der Waals surface area (Å²) in [6.45, 7) is 3.51. The summed E-state index contributed by atoms with van der Waals surface area (Å²) in [4.78, 5) is 26.2. The molecule has 1 amide bonds. The van der Waals surface area contributed by atoms with Gasteiger partial charge in [0.05, 0.1) is 12.7 Å². The number of carbonyl (C=O) groups excluding carboxylic acids is 2. The summed E-state index contributed by atoms with van der Waals surface area (Å²) < 4.78 is 4.69. The number of ether oxygens (including phenoxy) is 1. The van der Waals surface area contributed by atoms with Gasteiger partial charge in [-0.2, -0.15) is 0 Å². The molecular formula is C22H22N4O3. The monoisotopic (exact) mass is 390 g/mol. The third-order valence-electron chi connectivity index (χ3n) is 4.35. The lowest BCUT2D eigenvalue weighted by molar-refractivity contribution is 0.0600. The predicted octanol–water partition coefficient (Wildman–Crippen LogP) is 3.54. The summed E-state index contributed by atoms with van der Waals surface area (Å²) >= 11 is 0. The molecule has 3 aromatic rings. The van der Waals surface area contributed by atoms with Gasteiger partial charge in [0.1, 0.15) is 0 Å². The number of hydrogen-bond acceptors (Lipinski definition) is 6. The molecule has 0 unspecified atom stereocenters. The lowest BCUT2D eigenvalue weighted by Gasteiger charge is -2.21. The Kier molecular flexibility index (Phi) is 6.52. The molecule has 1 aromatic heterocycles. The van der Waals surface area contributed by atoms with Crippen LogP contribution in [0.25, 0.3) is 0 Å². The van der Waals surface area contributed by atoms with Gasteiger partial charge in [-0.1, -0.05) is 36.4 Å². The number of anilines is 2. The zero-order chi connectivity index (χ0) is 20.6. The molecule has 0 saturated heterocycles. The van der Waals surface area contributed by atoms with Crippen molar-refractivity contribution < 1.29 is 14.3 Å². The van der Waals surface area contributed by atoms with E-state index in [2.05, 4.69) is 32.5 Å². The zero-order valence-corrected chi connectivity index (χ0v) is 16.3. The molecule has 0 saturated carbocycles. The fourth-order valence-electron chi connectivity index (χ4n) is 2.81. The Balaban J connectivity index is 1.69. The number of rotatable bonds is 7. The number of methoxy groups -OCH3 is 1. The fraction of sp³-hybridized carbons (Fsp3) is 0.182. The summed E-state index contributed by atoms with van der Waals surface area (Å²) in [6.07, 6.45) is 0. The molecule has 1 N–H and O–H groups in total. The van der Waals surface area contributed by atoms with Gasteiger partial charge in [-0.3, -0.25) is 4.79 Å². The van der Waals surface area contributed by atoms with Crippen LogP contribution in [0.5, 0.6) is 0 Å². The Labute approximate surface area is 169 Å². The highest BCUT2D eigenvalue weighted by Crippen LogP contribution is 2.15. The molecule has 1 heterocycles. The van der Waals surface area contributed by atoms with Gasteiger partial charge < -0.3 is 15.0 Å². The number of esters is 1. The average molecular weight is 390 g/mol. The molecule has 3 rings (SSSR count). The second-order valence-corrected chi connectivity index (χ2v) is 6.30. The number of amides is 1. The fourth-order valence-corrected chi connectivity index (χ4v) is 2.81. The van der Waals surface area contributed by atoms with E-state index in [4.69, 9.17) is 4.74 Å². The first-order chi connectivity index (χ1) is 14.1. The molecule has 0 radical (unpaired) electrons. The topological polar surface area (TPSA) is 84.4 Å². The first kappa shape index (κ1) is 20.0. The number of aromatic nitrogens is 2. The third-order valence-corrected chi connectivity index (χ3v) is 4.35. The van der Waals surface area contributed by atoms with Crippen molar-refractivity contribution in [3.05, 3.63) is 83.6 Å². The van der Waals surface area contributed by atoms with Crippen LogP contribution in [0.3, 0.4) is 0 Å². The van der Waals surface area contributed by atoms with E-state index in [9.17, 15) is 9.59 Å². The van der Waals surface area contributed by atoms with Crippen molar-refractivity contribution >= 4 is 23.4 Å². The number of nitrogens with zero attached hydrogens (tertiary/aromatic N) is 3. The van der Waals surface area contributed by atoms with E-state index in [0.717, 1.165) is 6.54 Å². The molecule has 0 bridgehead atoms. The average Bonchev–Trinajstić information content (AvgIpc) is 2.78. The van der Waals surface area contributed by atoms with E-state index in [0.29, 0.717) is 23.6 Å². The minimum atomic E-state index is -0.469. The molecule has 7 nitrogen and oxygen atoms in total. The van der Waals surface area contributed by atoms with Gasteiger partial charge in [0.2, 0.25) is 0 Å². The Hall–Kier alpha value is -3.74. The molecule has 0 fully saturated rings. The van der Waals surface area contributed by atoms with E-state index in [1.54, 1.807) is 36.4 Å². The summed E-state index contributed by atoms with van der Waals surface area (Å²) in [5.74, 6) is -0.180. The van der Waals surface area contributed by atoms with Gasteiger partial charge in [0, 0.05) is 18.8 Å². The van der Waals surface area contributed by atoms with Crippen LogP contribution >= 0.6 is 0 Å². The SMILES string of the molecule is CCN(Cc1ccccc1)c1ccc(C(=O)Nc2cccc(C(=O)OC)c2)nn1. The van der Waals surface area contributed by atoms with Crippen LogP contribution < -0.4 is 10.2 Å². The van der Waals surface area contributed by atoms with Crippen LogP contribution in [-0.2, 0) is 11.3 Å². The van der Waals surface area contributed by atoms with Crippen molar-refractivity contribution in [2.45, 2.75) is 13.5 Å². The van der Waals surface area contributed by atoms with Crippen molar-refractivity contribution in [2.75, 3.05) is 23.9 Å². The van der Waals surface area contributed by atoms with Crippen LogP contribution in [-0.4, -0.2) is 35.7 Å². The zero-order valence-electron chi connectivity index (χ0n) is 16.3. The van der Waals surface area contributed by atoms with E-state index < -0.39 is 11.9 Å². The maximum absolute atomic E-state index is 12.5. The van der Waals surface area contributed by atoms with E-state index in [1.165, 1.54) is 12.7 Å². The van der Waals surface area contributed by atoms with Crippen LogP contribution in [0.15, 0.2) is 66.7 Å². The smallest absolute Gasteiger partial charge is 0.337 e.